The molecule has 1 unspecified atom stereocenters. The first-order chi connectivity index (χ1) is 16.1. The summed E-state index contributed by atoms with van der Waals surface area (Å²) in [6.45, 7) is 4.93. The molecule has 1 amide bonds. The van der Waals surface area contributed by atoms with Crippen molar-refractivity contribution in [2.75, 3.05) is 26.2 Å². The second kappa shape index (κ2) is 11.1. The number of likely N-dealkylation sites (tertiary alicyclic amines) is 1. The van der Waals surface area contributed by atoms with E-state index in [0.29, 0.717) is 25.3 Å². The Morgan fingerprint density at radius 1 is 1.12 bits per heavy atom. The van der Waals surface area contributed by atoms with Crippen molar-refractivity contribution in [3.63, 3.8) is 0 Å². The number of benzene rings is 1. The van der Waals surface area contributed by atoms with Crippen molar-refractivity contribution in [3.8, 4) is 16.9 Å². The number of piperidine rings is 1. The Labute approximate surface area is 195 Å². The van der Waals surface area contributed by atoms with Crippen LogP contribution < -0.4 is 10.1 Å². The first-order valence-corrected chi connectivity index (χ1v) is 11.9. The molecule has 1 atom stereocenters. The number of ether oxygens (including phenoxy) is 1. The second-order valence-electron chi connectivity index (χ2n) is 8.61. The third kappa shape index (κ3) is 6.44. The molecule has 4 rings (SSSR count). The van der Waals surface area contributed by atoms with Crippen molar-refractivity contribution in [2.24, 2.45) is 0 Å². The van der Waals surface area contributed by atoms with Crippen molar-refractivity contribution < 1.29 is 13.9 Å². The van der Waals surface area contributed by atoms with Gasteiger partial charge in [0.1, 0.15) is 11.9 Å². The number of hydrogen-bond acceptors (Lipinski definition) is 4. The van der Waals surface area contributed by atoms with Gasteiger partial charge in [0.05, 0.1) is 13.0 Å². The lowest BCUT2D eigenvalue weighted by molar-refractivity contribution is -0.120. The van der Waals surface area contributed by atoms with Gasteiger partial charge in [0.15, 0.2) is 0 Å². The lowest BCUT2D eigenvalue weighted by Crippen LogP contribution is -2.32. The number of nitrogens with one attached hydrogen (secondary N) is 1. The number of allylic oxidation sites excluding steroid dienone is 2. The fraction of sp³-hybridized carbons (Fsp3) is 0.407. The van der Waals surface area contributed by atoms with Gasteiger partial charge in [0.25, 0.3) is 0 Å². The van der Waals surface area contributed by atoms with Gasteiger partial charge in [-0.15, -0.1) is 0 Å². The van der Waals surface area contributed by atoms with Crippen LogP contribution in [0.3, 0.4) is 0 Å². The molecule has 0 radical (unpaired) electrons. The molecule has 0 saturated carbocycles. The van der Waals surface area contributed by atoms with Crippen molar-refractivity contribution >= 4 is 5.91 Å². The van der Waals surface area contributed by atoms with Gasteiger partial charge in [0, 0.05) is 49.2 Å². The molecule has 1 aromatic carbocycles. The van der Waals surface area contributed by atoms with E-state index in [2.05, 4.69) is 15.2 Å². The summed E-state index contributed by atoms with van der Waals surface area (Å²) in [6, 6.07) is 11.7. The molecule has 5 nitrogen and oxygen atoms in total. The highest BCUT2D eigenvalue weighted by Crippen LogP contribution is 2.25. The van der Waals surface area contributed by atoms with Crippen LogP contribution in [0.15, 0.2) is 66.0 Å². The number of carbonyl (C=O) groups is 1. The molecule has 1 fully saturated rings. The molecule has 1 aromatic heterocycles. The Morgan fingerprint density at radius 3 is 2.58 bits per heavy atom. The number of amides is 1. The first kappa shape index (κ1) is 23.0. The molecule has 1 aliphatic heterocycles. The van der Waals surface area contributed by atoms with Gasteiger partial charge in [0.2, 0.25) is 5.91 Å². The average molecular weight is 450 g/mol. The smallest absolute Gasteiger partial charge is 0.226 e. The highest BCUT2D eigenvalue weighted by Gasteiger charge is 2.20. The summed E-state index contributed by atoms with van der Waals surface area (Å²) in [6.07, 6.45) is 8.64. The summed E-state index contributed by atoms with van der Waals surface area (Å²) in [7, 11) is 0. The maximum Gasteiger partial charge on any atom is 0.226 e. The van der Waals surface area contributed by atoms with Crippen molar-refractivity contribution in [3.05, 3.63) is 71.7 Å². The number of pyridine rings is 1. The Morgan fingerprint density at radius 2 is 1.88 bits per heavy atom. The second-order valence-corrected chi connectivity index (χ2v) is 8.61. The topological polar surface area (TPSA) is 54.5 Å². The molecule has 2 heterocycles. The van der Waals surface area contributed by atoms with Gasteiger partial charge >= 0.3 is 0 Å². The van der Waals surface area contributed by atoms with E-state index in [-0.39, 0.29) is 12.3 Å². The van der Waals surface area contributed by atoms with Crippen LogP contribution in [0, 0.1) is 0 Å². The molecule has 33 heavy (non-hydrogen) atoms. The van der Waals surface area contributed by atoms with Crippen LogP contribution >= 0.6 is 0 Å². The maximum absolute atomic E-state index is 14.3. The summed E-state index contributed by atoms with van der Waals surface area (Å²) >= 11 is 0. The Hall–Kier alpha value is -3.15. The molecular weight excluding hydrogens is 417 g/mol. The number of halogens is 1. The van der Waals surface area contributed by atoms with Crippen molar-refractivity contribution in [2.45, 2.75) is 45.2 Å². The van der Waals surface area contributed by atoms with Crippen LogP contribution in [0.5, 0.6) is 5.75 Å². The van der Waals surface area contributed by atoms with Crippen LogP contribution in [0.1, 0.15) is 38.3 Å². The fourth-order valence-electron chi connectivity index (χ4n) is 4.33. The molecule has 1 saturated heterocycles. The van der Waals surface area contributed by atoms with Gasteiger partial charge in [-0.2, -0.15) is 0 Å². The number of carbonyl (C=O) groups excluding carboxylic acids is 1. The number of rotatable bonds is 8. The van der Waals surface area contributed by atoms with Crippen LogP contribution in [0.4, 0.5) is 4.39 Å². The molecule has 174 valence electrons. The fourth-order valence-corrected chi connectivity index (χ4v) is 4.33. The summed E-state index contributed by atoms with van der Waals surface area (Å²) in [5.41, 5.74) is 4.63. The quantitative estimate of drug-likeness (QED) is 0.626. The van der Waals surface area contributed by atoms with E-state index >= 15 is 0 Å². The minimum Gasteiger partial charge on any atom is -0.494 e. The molecular formula is C27H32FN3O2. The van der Waals surface area contributed by atoms with Crippen LogP contribution in [-0.2, 0) is 11.2 Å². The third-order valence-corrected chi connectivity index (χ3v) is 6.06. The van der Waals surface area contributed by atoms with Gasteiger partial charge in [-0.3, -0.25) is 9.78 Å². The summed E-state index contributed by atoms with van der Waals surface area (Å²) in [5.74, 6) is 0.731. The summed E-state index contributed by atoms with van der Waals surface area (Å²) in [5, 5.41) is 2.94. The highest BCUT2D eigenvalue weighted by molar-refractivity contribution is 5.78. The van der Waals surface area contributed by atoms with Gasteiger partial charge in [-0.05, 0) is 67.7 Å². The lowest BCUT2D eigenvalue weighted by Gasteiger charge is -2.32. The predicted octanol–water partition coefficient (Wildman–Crippen LogP) is 4.84. The minimum absolute atomic E-state index is 0.110. The SMILES string of the molecule is CCOc1ccc(-c2ccc(CC(=O)NCC3=CC(N4CCCCC4)=CC(F)C3)nc2)cc1. The number of alkyl halides is 1. The largest absolute Gasteiger partial charge is 0.494 e. The zero-order valence-corrected chi connectivity index (χ0v) is 19.2. The maximum atomic E-state index is 14.3. The number of hydrogen-bond donors (Lipinski definition) is 1. The number of nitrogens with zero attached hydrogens (tertiary/aromatic N) is 2. The molecule has 0 spiro atoms. The van der Waals surface area contributed by atoms with Crippen molar-refractivity contribution in [1.29, 1.82) is 0 Å². The number of aromatic nitrogens is 1. The van der Waals surface area contributed by atoms with E-state index in [4.69, 9.17) is 4.74 Å². The molecule has 1 N–H and O–H groups in total. The first-order valence-electron chi connectivity index (χ1n) is 11.9. The highest BCUT2D eigenvalue weighted by atomic mass is 19.1. The molecule has 2 aliphatic rings. The summed E-state index contributed by atoms with van der Waals surface area (Å²) < 4.78 is 19.8. The van der Waals surface area contributed by atoms with E-state index < -0.39 is 6.17 Å². The molecule has 1 aliphatic carbocycles. The summed E-state index contributed by atoms with van der Waals surface area (Å²) in [4.78, 5) is 19.2. The van der Waals surface area contributed by atoms with Crippen molar-refractivity contribution in [1.82, 2.24) is 15.2 Å². The third-order valence-electron chi connectivity index (χ3n) is 6.06. The zero-order chi connectivity index (χ0) is 23.0. The predicted molar refractivity (Wildman–Crippen MR) is 129 cm³/mol. The normalized spacial score (nSPS) is 18.4. The van der Waals surface area contributed by atoms with E-state index in [1.165, 1.54) is 6.42 Å². The zero-order valence-electron chi connectivity index (χ0n) is 19.2. The average Bonchev–Trinajstić information content (AvgIpc) is 2.84. The van der Waals surface area contributed by atoms with Crippen LogP contribution in [0.25, 0.3) is 11.1 Å². The molecule has 6 heteroatoms. The lowest BCUT2D eigenvalue weighted by atomic mass is 9.99. The Bertz CT molecular complexity index is 993. The van der Waals surface area contributed by atoms with E-state index in [0.717, 1.165) is 54.1 Å². The monoisotopic (exact) mass is 449 g/mol. The molecule has 0 bridgehead atoms. The minimum atomic E-state index is -0.990. The Kier molecular flexibility index (Phi) is 7.76. The van der Waals surface area contributed by atoms with Gasteiger partial charge in [-0.25, -0.2) is 4.39 Å². The molecule has 2 aromatic rings. The Balaban J connectivity index is 1.29. The van der Waals surface area contributed by atoms with Crippen LogP contribution in [0.2, 0.25) is 0 Å². The standard InChI is InChI=1S/C27H32FN3O2/c1-2-33-26-10-7-21(8-11-26)22-6-9-24(29-19-22)17-27(32)30-18-20-14-23(28)16-25(15-20)31-12-4-3-5-13-31/h6-11,15-16,19,23H,2-5,12-14,17-18H2,1H3,(H,30,32). The van der Waals surface area contributed by atoms with E-state index in [1.54, 1.807) is 12.3 Å². The van der Waals surface area contributed by atoms with Gasteiger partial charge in [-0.1, -0.05) is 18.2 Å². The van der Waals surface area contributed by atoms with Gasteiger partial charge < -0.3 is 15.0 Å². The van der Waals surface area contributed by atoms with E-state index in [9.17, 15) is 9.18 Å². The van der Waals surface area contributed by atoms with E-state index in [1.807, 2.05) is 49.4 Å². The van der Waals surface area contributed by atoms with Crippen LogP contribution in [-0.4, -0.2) is 48.2 Å².